The molecule has 0 aromatic heterocycles. The summed E-state index contributed by atoms with van der Waals surface area (Å²) in [6, 6.07) is 0. The predicted molar refractivity (Wildman–Crippen MR) is 87.2 cm³/mol. The van der Waals surface area contributed by atoms with Gasteiger partial charge in [-0.2, -0.15) is 0 Å². The van der Waals surface area contributed by atoms with Crippen LogP contribution in [0.2, 0.25) is 0 Å². The van der Waals surface area contributed by atoms with Gasteiger partial charge in [0.1, 0.15) is 0 Å². The van der Waals surface area contributed by atoms with E-state index in [0.29, 0.717) is 6.61 Å². The van der Waals surface area contributed by atoms with Gasteiger partial charge in [-0.3, -0.25) is 0 Å². The highest BCUT2D eigenvalue weighted by atomic mass is 32.5. The first kappa shape index (κ1) is 23.7. The van der Waals surface area contributed by atoms with Gasteiger partial charge in [-0.05, 0) is 24.6 Å². The smallest absolute Gasteiger partial charge is 0.319 e. The highest BCUT2D eigenvalue weighted by Crippen LogP contribution is 2.26. The molecule has 0 amide bonds. The van der Waals surface area contributed by atoms with Crippen LogP contribution >= 0.6 is 6.72 Å². The minimum atomic E-state index is -3.81. The van der Waals surface area contributed by atoms with Crippen molar-refractivity contribution in [3.63, 3.8) is 0 Å². The molecule has 0 radical (unpaired) electrons. The van der Waals surface area contributed by atoms with Crippen LogP contribution in [0.5, 0.6) is 0 Å². The summed E-state index contributed by atoms with van der Waals surface area (Å²) in [5, 5.41) is 26.3. The van der Waals surface area contributed by atoms with E-state index in [1.54, 1.807) is 0 Å². The summed E-state index contributed by atoms with van der Waals surface area (Å²) in [5.41, 5.74) is 0. The Hall–Kier alpha value is 0.410. The molecule has 0 saturated heterocycles. The Labute approximate surface area is 132 Å². The summed E-state index contributed by atoms with van der Waals surface area (Å²) in [5.74, 6) is 0.0876. The van der Waals surface area contributed by atoms with E-state index >= 15 is 0 Å². The Bertz CT molecular complexity index is 237. The van der Waals surface area contributed by atoms with Crippen LogP contribution in [0.15, 0.2) is 0 Å². The first-order chi connectivity index (χ1) is 9.85. The third-order valence-corrected chi connectivity index (χ3v) is 3.04. The van der Waals surface area contributed by atoms with Crippen molar-refractivity contribution in [1.29, 1.82) is 0 Å². The molecule has 0 atom stereocenters. The van der Waals surface area contributed by atoms with Gasteiger partial charge in [0, 0.05) is 25.7 Å². The van der Waals surface area contributed by atoms with E-state index in [1.807, 2.05) is 0 Å². The molecule has 0 aliphatic carbocycles. The number of unbranched alkanes of at least 4 members (excludes halogenated alkanes) is 7. The zero-order valence-electron chi connectivity index (χ0n) is 12.6. The van der Waals surface area contributed by atoms with Gasteiger partial charge in [0.15, 0.2) is 0 Å². The molecule has 0 aromatic rings. The van der Waals surface area contributed by atoms with Crippen LogP contribution in [-0.4, -0.2) is 49.8 Å². The van der Waals surface area contributed by atoms with Gasteiger partial charge in [0.05, 0.1) is 0 Å². The highest BCUT2D eigenvalue weighted by molar-refractivity contribution is 8.06. The topological polar surface area (TPSA) is 121 Å². The van der Waals surface area contributed by atoms with Crippen LogP contribution < -0.4 is 0 Å². The van der Waals surface area contributed by atoms with E-state index in [0.717, 1.165) is 25.7 Å². The van der Waals surface area contributed by atoms with Crippen molar-refractivity contribution >= 4 is 18.5 Å². The lowest BCUT2D eigenvalue weighted by molar-refractivity contribution is 0.141. The van der Waals surface area contributed by atoms with Gasteiger partial charge < -0.3 is 30.0 Å². The van der Waals surface area contributed by atoms with Crippen LogP contribution in [0, 0.1) is 5.92 Å². The van der Waals surface area contributed by atoms with Gasteiger partial charge in [0.25, 0.3) is 0 Å². The van der Waals surface area contributed by atoms with Crippen LogP contribution in [0.4, 0.5) is 0 Å². The van der Waals surface area contributed by atoms with Crippen molar-refractivity contribution in [3.8, 4) is 0 Å². The predicted octanol–water partition coefficient (Wildman–Crippen LogP) is 1.28. The number of hydrogen-bond donors (Lipinski definition) is 6. The van der Waals surface area contributed by atoms with Crippen molar-refractivity contribution in [2.75, 3.05) is 19.8 Å². The van der Waals surface area contributed by atoms with E-state index in [9.17, 15) is 0 Å². The number of hydrogen-bond acceptors (Lipinski definition) is 4. The van der Waals surface area contributed by atoms with Gasteiger partial charge in [0.2, 0.25) is 0 Å². The molecule has 21 heavy (non-hydrogen) atoms. The number of aliphatic hydroxyl groups excluding tert-OH is 3. The Morgan fingerprint density at radius 1 is 0.667 bits per heavy atom. The molecule has 0 unspecified atom stereocenters. The molecule has 6 N–H and O–H groups in total. The second-order valence-corrected chi connectivity index (χ2v) is 7.58. The molecule has 0 spiro atoms. The molecule has 0 saturated carbocycles. The maximum atomic E-state index is 8.87. The van der Waals surface area contributed by atoms with Gasteiger partial charge >= 0.3 is 6.72 Å². The van der Waals surface area contributed by atoms with E-state index in [2.05, 4.69) is 11.8 Å². The van der Waals surface area contributed by atoms with Gasteiger partial charge in [-0.15, -0.1) is 0 Å². The lowest BCUT2D eigenvalue weighted by atomic mass is 10.0. The van der Waals surface area contributed by atoms with Crippen LogP contribution in [0.3, 0.4) is 0 Å². The quantitative estimate of drug-likeness (QED) is 0.232. The maximum Gasteiger partial charge on any atom is 0.319 e. The van der Waals surface area contributed by atoms with Crippen molar-refractivity contribution in [2.45, 2.75) is 57.8 Å². The van der Waals surface area contributed by atoms with Crippen molar-refractivity contribution in [3.05, 3.63) is 0 Å². The SMILES string of the molecule is OCCCCCCCCCCC(CO)CO.OP(O)(O)=S. The fraction of sp³-hybridized carbons (Fsp3) is 1.00. The first-order valence-corrected chi connectivity index (χ1v) is 10.1. The van der Waals surface area contributed by atoms with E-state index in [-0.39, 0.29) is 19.1 Å². The summed E-state index contributed by atoms with van der Waals surface area (Å²) < 4.78 is 0. The molecular weight excluding hydrogens is 315 g/mol. The number of aliphatic hydroxyl groups is 3. The van der Waals surface area contributed by atoms with Crippen molar-refractivity contribution in [2.24, 2.45) is 5.92 Å². The summed E-state index contributed by atoms with van der Waals surface area (Å²) in [6.07, 6.45) is 10.4. The minimum absolute atomic E-state index is 0.0876. The van der Waals surface area contributed by atoms with Gasteiger partial charge in [-0.1, -0.05) is 44.9 Å². The lowest BCUT2D eigenvalue weighted by Crippen LogP contribution is -2.10. The fourth-order valence-electron chi connectivity index (χ4n) is 1.85. The van der Waals surface area contributed by atoms with Crippen LogP contribution in [0.25, 0.3) is 0 Å². The molecule has 0 bridgehead atoms. The molecule has 0 fully saturated rings. The monoisotopic (exact) mass is 346 g/mol. The molecule has 0 aliphatic rings. The lowest BCUT2D eigenvalue weighted by Gasteiger charge is -2.09. The average Bonchev–Trinajstić information content (AvgIpc) is 2.39. The third kappa shape index (κ3) is 29.1. The summed E-state index contributed by atoms with van der Waals surface area (Å²) in [7, 11) is 0. The molecule has 0 heterocycles. The molecule has 6 nitrogen and oxygen atoms in total. The van der Waals surface area contributed by atoms with Crippen LogP contribution in [-0.2, 0) is 11.8 Å². The molecular formula is C13H31O6PS. The fourth-order valence-corrected chi connectivity index (χ4v) is 1.85. The second-order valence-electron chi connectivity index (χ2n) is 5.09. The van der Waals surface area contributed by atoms with Crippen molar-refractivity contribution in [1.82, 2.24) is 0 Å². The largest absolute Gasteiger partial charge is 0.396 e. The maximum absolute atomic E-state index is 8.87. The zero-order chi connectivity index (χ0) is 16.6. The summed E-state index contributed by atoms with van der Waals surface area (Å²) in [4.78, 5) is 22.7. The Morgan fingerprint density at radius 2 is 1.00 bits per heavy atom. The normalized spacial score (nSPS) is 11.4. The Balaban J connectivity index is 0. The number of rotatable bonds is 12. The highest BCUT2D eigenvalue weighted by Gasteiger charge is 2.04. The molecule has 8 heteroatoms. The standard InChI is InChI=1S/C13H28O3.H3O3PS/c14-10-8-6-4-2-1-3-5-7-9-13(11-15)12-16;1-4(2,3)5/h13-16H,1-12H2;(H3,1,2,3,5). The van der Waals surface area contributed by atoms with E-state index in [4.69, 9.17) is 30.0 Å². The van der Waals surface area contributed by atoms with Crippen LogP contribution in [0.1, 0.15) is 57.8 Å². The average molecular weight is 346 g/mol. The summed E-state index contributed by atoms with van der Waals surface area (Å²) in [6.45, 7) is -3.26. The van der Waals surface area contributed by atoms with Crippen molar-refractivity contribution < 1.29 is 30.0 Å². The minimum Gasteiger partial charge on any atom is -0.396 e. The van der Waals surface area contributed by atoms with E-state index < -0.39 is 6.72 Å². The van der Waals surface area contributed by atoms with E-state index in [1.165, 1.54) is 32.1 Å². The molecule has 130 valence electrons. The Kier molecular flexibility index (Phi) is 18.9. The molecule has 0 rings (SSSR count). The zero-order valence-corrected chi connectivity index (χ0v) is 14.3. The molecule has 0 aliphatic heterocycles. The molecule has 0 aromatic carbocycles. The Morgan fingerprint density at radius 3 is 1.33 bits per heavy atom. The summed E-state index contributed by atoms with van der Waals surface area (Å²) >= 11 is 3.60. The van der Waals surface area contributed by atoms with Gasteiger partial charge in [-0.25, -0.2) is 0 Å². The third-order valence-electron chi connectivity index (χ3n) is 3.04. The second kappa shape index (κ2) is 16.8. The first-order valence-electron chi connectivity index (χ1n) is 7.46.